The normalized spacial score (nSPS) is 20.6. The zero-order valence-corrected chi connectivity index (χ0v) is 11.7. The lowest BCUT2D eigenvalue weighted by Crippen LogP contribution is -2.25. The van der Waals surface area contributed by atoms with Crippen molar-refractivity contribution >= 4 is 43.5 Å². The third kappa shape index (κ3) is 2.31. The zero-order valence-electron chi connectivity index (χ0n) is 8.49. The van der Waals surface area contributed by atoms with E-state index in [1.54, 1.807) is 4.90 Å². The van der Waals surface area contributed by atoms with E-state index < -0.39 is 0 Å². The average Bonchev–Trinajstić information content (AvgIpc) is 2.60. The van der Waals surface area contributed by atoms with Gasteiger partial charge in [0, 0.05) is 34.4 Å². The van der Waals surface area contributed by atoms with Crippen molar-refractivity contribution < 1.29 is 9.90 Å². The van der Waals surface area contributed by atoms with Gasteiger partial charge in [0.15, 0.2) is 0 Å². The smallest absolute Gasteiger partial charge is 0.227 e. The minimum Gasteiger partial charge on any atom is -0.396 e. The molecule has 0 saturated carbocycles. The van der Waals surface area contributed by atoms with E-state index >= 15 is 0 Å². The van der Waals surface area contributed by atoms with Gasteiger partial charge in [-0.05, 0) is 34.1 Å². The molecule has 1 heterocycles. The summed E-state index contributed by atoms with van der Waals surface area (Å²) in [5, 5.41) is 9.06. The second kappa shape index (κ2) is 4.85. The summed E-state index contributed by atoms with van der Waals surface area (Å²) in [6.07, 6.45) is 0.430. The van der Waals surface area contributed by atoms with Crippen LogP contribution < -0.4 is 4.90 Å². The van der Waals surface area contributed by atoms with Crippen LogP contribution in [-0.4, -0.2) is 24.2 Å². The van der Waals surface area contributed by atoms with Crippen molar-refractivity contribution in [1.82, 2.24) is 0 Å². The van der Waals surface area contributed by atoms with Gasteiger partial charge >= 0.3 is 0 Å². The monoisotopic (exact) mass is 347 g/mol. The van der Waals surface area contributed by atoms with Crippen LogP contribution in [0.2, 0.25) is 0 Å². The van der Waals surface area contributed by atoms with Crippen LogP contribution >= 0.6 is 31.9 Å². The van der Waals surface area contributed by atoms with Gasteiger partial charge in [-0.15, -0.1) is 0 Å². The fourth-order valence-corrected chi connectivity index (χ4v) is 3.10. The molecule has 5 heteroatoms. The summed E-state index contributed by atoms with van der Waals surface area (Å²) < 4.78 is 1.85. The molecule has 16 heavy (non-hydrogen) atoms. The second-order valence-electron chi connectivity index (χ2n) is 3.85. The molecule has 1 aliphatic rings. The van der Waals surface area contributed by atoms with E-state index in [4.69, 9.17) is 5.11 Å². The Morgan fingerprint density at radius 1 is 1.44 bits per heavy atom. The molecule has 1 aromatic rings. The van der Waals surface area contributed by atoms with E-state index in [-0.39, 0.29) is 18.4 Å². The molecule has 1 aliphatic heterocycles. The van der Waals surface area contributed by atoms with E-state index in [2.05, 4.69) is 31.9 Å². The first-order chi connectivity index (χ1) is 7.61. The maximum Gasteiger partial charge on any atom is 0.227 e. The highest BCUT2D eigenvalue weighted by atomic mass is 79.9. The third-order valence-electron chi connectivity index (χ3n) is 2.66. The summed E-state index contributed by atoms with van der Waals surface area (Å²) >= 11 is 6.81. The number of benzene rings is 1. The Kier molecular flexibility index (Phi) is 3.66. The molecule has 1 unspecified atom stereocenters. The van der Waals surface area contributed by atoms with Crippen molar-refractivity contribution in [2.24, 2.45) is 5.92 Å². The third-order valence-corrected chi connectivity index (χ3v) is 3.79. The first kappa shape index (κ1) is 12.1. The van der Waals surface area contributed by atoms with Crippen LogP contribution in [0.25, 0.3) is 0 Å². The van der Waals surface area contributed by atoms with Gasteiger partial charge < -0.3 is 10.0 Å². The van der Waals surface area contributed by atoms with Crippen LogP contribution in [0, 0.1) is 5.92 Å². The van der Waals surface area contributed by atoms with Crippen LogP contribution in [0.3, 0.4) is 0 Å². The molecule has 1 saturated heterocycles. The van der Waals surface area contributed by atoms with Gasteiger partial charge in [0.25, 0.3) is 0 Å². The second-order valence-corrected chi connectivity index (χ2v) is 5.62. The predicted molar refractivity (Wildman–Crippen MR) is 69.4 cm³/mol. The number of aliphatic hydroxyl groups excluding tert-OH is 1. The summed E-state index contributed by atoms with van der Waals surface area (Å²) in [5.74, 6) is 0.130. The molecular formula is C11H11Br2NO2. The number of aliphatic hydroxyl groups is 1. The predicted octanol–water partition coefficient (Wildman–Crippen LogP) is 2.56. The Balaban J connectivity index is 2.28. The highest BCUT2D eigenvalue weighted by Crippen LogP contribution is 2.33. The van der Waals surface area contributed by atoms with Gasteiger partial charge in [-0.1, -0.05) is 15.9 Å². The maximum absolute atomic E-state index is 11.8. The summed E-state index contributed by atoms with van der Waals surface area (Å²) in [6, 6.07) is 5.71. The van der Waals surface area contributed by atoms with E-state index in [0.29, 0.717) is 13.0 Å². The highest BCUT2D eigenvalue weighted by Gasteiger charge is 2.30. The number of rotatable bonds is 2. The van der Waals surface area contributed by atoms with E-state index in [1.807, 2.05) is 18.2 Å². The van der Waals surface area contributed by atoms with Gasteiger partial charge in [-0.25, -0.2) is 0 Å². The molecule has 86 valence electrons. The fraction of sp³-hybridized carbons (Fsp3) is 0.364. The average molecular weight is 349 g/mol. The topological polar surface area (TPSA) is 40.5 Å². The minimum absolute atomic E-state index is 0.0584. The van der Waals surface area contributed by atoms with Crippen LogP contribution in [0.15, 0.2) is 27.1 Å². The lowest BCUT2D eigenvalue weighted by atomic mass is 10.1. The molecule has 0 radical (unpaired) electrons. The Morgan fingerprint density at radius 2 is 2.19 bits per heavy atom. The van der Waals surface area contributed by atoms with Gasteiger partial charge in [0.2, 0.25) is 5.91 Å². The first-order valence-corrected chi connectivity index (χ1v) is 6.56. The summed E-state index contributed by atoms with van der Waals surface area (Å²) in [5.41, 5.74) is 0.865. The molecule has 1 aromatic carbocycles. The van der Waals surface area contributed by atoms with Crippen LogP contribution in [-0.2, 0) is 4.79 Å². The maximum atomic E-state index is 11.8. The van der Waals surface area contributed by atoms with Crippen molar-refractivity contribution in [2.45, 2.75) is 6.42 Å². The molecule has 1 atom stereocenters. The van der Waals surface area contributed by atoms with Crippen LogP contribution in [0.1, 0.15) is 6.42 Å². The number of carbonyl (C=O) groups excluding carboxylic acids is 1. The Morgan fingerprint density at radius 3 is 2.75 bits per heavy atom. The number of amides is 1. The Bertz CT molecular complexity index is 422. The molecule has 0 aliphatic carbocycles. The molecule has 0 spiro atoms. The summed E-state index contributed by atoms with van der Waals surface area (Å²) in [6.45, 7) is 0.659. The van der Waals surface area contributed by atoms with E-state index in [9.17, 15) is 4.79 Å². The molecular weight excluding hydrogens is 338 g/mol. The lowest BCUT2D eigenvalue weighted by Gasteiger charge is -2.18. The highest BCUT2D eigenvalue weighted by molar-refractivity contribution is 9.11. The quantitative estimate of drug-likeness (QED) is 0.892. The van der Waals surface area contributed by atoms with Crippen molar-refractivity contribution in [1.29, 1.82) is 0 Å². The largest absolute Gasteiger partial charge is 0.396 e. The SMILES string of the molecule is O=C1CC(CO)CN1c1ccc(Br)cc1Br. The summed E-state index contributed by atoms with van der Waals surface area (Å²) in [7, 11) is 0. The molecule has 1 N–H and O–H groups in total. The summed E-state index contributed by atoms with van der Waals surface area (Å²) in [4.78, 5) is 13.5. The van der Waals surface area contributed by atoms with Crippen molar-refractivity contribution in [3.8, 4) is 0 Å². The number of halogens is 2. The van der Waals surface area contributed by atoms with E-state index in [0.717, 1.165) is 14.6 Å². The Hall–Kier alpha value is -0.390. The number of hydrogen-bond acceptors (Lipinski definition) is 2. The molecule has 1 amide bonds. The number of hydrogen-bond donors (Lipinski definition) is 1. The minimum atomic E-state index is 0.0584. The van der Waals surface area contributed by atoms with Crippen molar-refractivity contribution in [3.63, 3.8) is 0 Å². The number of anilines is 1. The van der Waals surface area contributed by atoms with Crippen molar-refractivity contribution in [3.05, 3.63) is 27.1 Å². The van der Waals surface area contributed by atoms with Gasteiger partial charge in [-0.3, -0.25) is 4.79 Å². The Labute approximate surface area is 111 Å². The lowest BCUT2D eigenvalue weighted by molar-refractivity contribution is -0.117. The standard InChI is InChI=1S/C11H11Br2NO2/c12-8-1-2-10(9(13)4-8)14-5-7(6-15)3-11(14)16/h1-2,4,7,15H,3,5-6H2. The zero-order chi connectivity index (χ0) is 11.7. The number of carbonyl (C=O) groups is 1. The number of nitrogens with zero attached hydrogens (tertiary/aromatic N) is 1. The van der Waals surface area contributed by atoms with Crippen LogP contribution in [0.5, 0.6) is 0 Å². The molecule has 1 fully saturated rings. The molecule has 0 aromatic heterocycles. The van der Waals surface area contributed by atoms with E-state index in [1.165, 1.54) is 0 Å². The van der Waals surface area contributed by atoms with Crippen molar-refractivity contribution in [2.75, 3.05) is 18.1 Å². The van der Waals surface area contributed by atoms with Gasteiger partial charge in [0.05, 0.1) is 5.69 Å². The fourth-order valence-electron chi connectivity index (χ4n) is 1.84. The molecule has 3 nitrogen and oxygen atoms in total. The van der Waals surface area contributed by atoms with Gasteiger partial charge in [0.1, 0.15) is 0 Å². The first-order valence-electron chi connectivity index (χ1n) is 4.98. The molecule has 2 rings (SSSR count). The van der Waals surface area contributed by atoms with Gasteiger partial charge in [-0.2, -0.15) is 0 Å². The molecule has 0 bridgehead atoms. The van der Waals surface area contributed by atoms with Crippen LogP contribution in [0.4, 0.5) is 5.69 Å².